The summed E-state index contributed by atoms with van der Waals surface area (Å²) in [5, 5.41) is 12.1. The van der Waals surface area contributed by atoms with E-state index in [-0.39, 0.29) is 17.8 Å². The molecule has 25 heavy (non-hydrogen) atoms. The number of H-pyrrole nitrogens is 1. The monoisotopic (exact) mass is 377 g/mol. The van der Waals surface area contributed by atoms with Crippen molar-refractivity contribution in [3.8, 4) is 0 Å². The number of fused-ring (bicyclic) bond motifs is 1. The van der Waals surface area contributed by atoms with E-state index in [2.05, 4.69) is 25.3 Å². The summed E-state index contributed by atoms with van der Waals surface area (Å²) in [6.45, 7) is 1.89. The fraction of sp³-hybridized carbons (Fsp3) is 0.250. The molecule has 0 radical (unpaired) electrons. The summed E-state index contributed by atoms with van der Waals surface area (Å²) < 4.78 is 0. The number of hydrogen-bond acceptors (Lipinski definition) is 6. The number of amides is 1. The molecule has 0 unspecified atom stereocenters. The zero-order chi connectivity index (χ0) is 17.8. The molecule has 0 aliphatic rings. The minimum absolute atomic E-state index is 0.0918. The predicted molar refractivity (Wildman–Crippen MR) is 97.9 cm³/mol. The summed E-state index contributed by atoms with van der Waals surface area (Å²) >= 11 is 7.18. The van der Waals surface area contributed by atoms with Crippen molar-refractivity contribution in [3.05, 3.63) is 41.4 Å². The van der Waals surface area contributed by atoms with Gasteiger partial charge in [0.15, 0.2) is 5.65 Å². The van der Waals surface area contributed by atoms with Crippen molar-refractivity contribution < 1.29 is 9.90 Å². The van der Waals surface area contributed by atoms with Crippen molar-refractivity contribution in [2.45, 2.75) is 23.6 Å². The molecule has 0 aliphatic carbocycles. The first-order valence-corrected chi connectivity index (χ1v) is 8.86. The largest absolute Gasteiger partial charge is 0.396 e. The number of carbonyl (C=O) groups is 1. The van der Waals surface area contributed by atoms with Crippen molar-refractivity contribution in [3.63, 3.8) is 0 Å². The quantitative estimate of drug-likeness (QED) is 0.346. The van der Waals surface area contributed by atoms with E-state index in [9.17, 15) is 4.79 Å². The lowest BCUT2D eigenvalue weighted by atomic mass is 10.1. The van der Waals surface area contributed by atoms with E-state index in [0.717, 1.165) is 5.56 Å². The van der Waals surface area contributed by atoms with E-state index in [1.165, 1.54) is 18.1 Å². The molecule has 130 valence electrons. The van der Waals surface area contributed by atoms with Crippen LogP contribution in [-0.2, 0) is 11.2 Å². The van der Waals surface area contributed by atoms with E-state index in [4.69, 9.17) is 16.7 Å². The van der Waals surface area contributed by atoms with Crippen LogP contribution >= 0.6 is 23.4 Å². The van der Waals surface area contributed by atoms with Crippen LogP contribution in [0.3, 0.4) is 0 Å². The van der Waals surface area contributed by atoms with Gasteiger partial charge in [-0.3, -0.25) is 4.79 Å². The maximum atomic E-state index is 12.4. The molecule has 0 fully saturated rings. The number of thioether (sulfide) groups is 1. The normalized spacial score (nSPS) is 12.3. The van der Waals surface area contributed by atoms with Gasteiger partial charge in [-0.05, 0) is 42.6 Å². The molecule has 0 spiro atoms. The molecule has 7 nitrogen and oxygen atoms in total. The minimum Gasteiger partial charge on any atom is -0.396 e. The number of imidazole rings is 1. The first kappa shape index (κ1) is 17.7. The Morgan fingerprint density at radius 1 is 1.36 bits per heavy atom. The van der Waals surface area contributed by atoms with Crippen molar-refractivity contribution in [1.29, 1.82) is 0 Å². The first-order valence-electron chi connectivity index (χ1n) is 7.61. The number of anilines is 1. The third-order valence-electron chi connectivity index (χ3n) is 3.50. The number of hydrogen-bond donors (Lipinski definition) is 3. The zero-order valence-electron chi connectivity index (χ0n) is 13.4. The molecule has 1 amide bonds. The molecule has 3 rings (SSSR count). The number of benzene rings is 1. The highest BCUT2D eigenvalue weighted by atomic mass is 35.5. The average Bonchev–Trinajstić information content (AvgIpc) is 3.05. The van der Waals surface area contributed by atoms with Crippen LogP contribution in [-0.4, -0.2) is 42.8 Å². The topological polar surface area (TPSA) is 104 Å². The molecule has 3 N–H and O–H groups in total. The second kappa shape index (κ2) is 7.81. The highest BCUT2D eigenvalue weighted by Gasteiger charge is 2.19. The number of aliphatic hydroxyl groups excluding tert-OH is 1. The van der Waals surface area contributed by atoms with Crippen LogP contribution in [0.25, 0.3) is 11.2 Å². The minimum atomic E-state index is -0.394. The molecule has 0 aliphatic heterocycles. The van der Waals surface area contributed by atoms with Gasteiger partial charge in [-0.2, -0.15) is 4.98 Å². The lowest BCUT2D eigenvalue weighted by molar-refractivity contribution is -0.115. The first-order chi connectivity index (χ1) is 12.1. The van der Waals surface area contributed by atoms with Crippen LogP contribution in [0.5, 0.6) is 0 Å². The van der Waals surface area contributed by atoms with Crippen LogP contribution in [0, 0.1) is 0 Å². The Labute approximate surface area is 153 Å². The van der Waals surface area contributed by atoms with Gasteiger partial charge in [0.2, 0.25) is 11.2 Å². The molecule has 0 saturated heterocycles. The van der Waals surface area contributed by atoms with Crippen molar-refractivity contribution >= 4 is 46.1 Å². The molecular weight excluding hydrogens is 362 g/mol. The number of carbonyl (C=O) groups excluding carboxylic acids is 1. The lowest BCUT2D eigenvalue weighted by Gasteiger charge is -2.12. The van der Waals surface area contributed by atoms with Gasteiger partial charge in [0, 0.05) is 12.3 Å². The predicted octanol–water partition coefficient (Wildman–Crippen LogP) is 2.66. The van der Waals surface area contributed by atoms with Crippen molar-refractivity contribution in [1.82, 2.24) is 19.9 Å². The van der Waals surface area contributed by atoms with Gasteiger partial charge < -0.3 is 15.4 Å². The van der Waals surface area contributed by atoms with Gasteiger partial charge in [-0.25, -0.2) is 9.97 Å². The average molecular weight is 378 g/mol. The molecule has 9 heteroatoms. The van der Waals surface area contributed by atoms with Gasteiger partial charge >= 0.3 is 0 Å². The molecule has 0 saturated carbocycles. The molecule has 1 atom stereocenters. The number of aromatic nitrogens is 4. The second-order valence-corrected chi connectivity index (χ2v) is 6.99. The van der Waals surface area contributed by atoms with Crippen molar-refractivity contribution in [2.24, 2.45) is 0 Å². The molecule has 0 bridgehead atoms. The number of halogens is 1. The summed E-state index contributed by atoms with van der Waals surface area (Å²) in [5.41, 5.74) is 2.84. The Bertz CT molecular complexity index is 884. The highest BCUT2D eigenvalue weighted by Crippen LogP contribution is 2.28. The van der Waals surface area contributed by atoms with Crippen LogP contribution < -0.4 is 5.32 Å². The van der Waals surface area contributed by atoms with Gasteiger partial charge in [-0.1, -0.05) is 23.9 Å². The van der Waals surface area contributed by atoms with E-state index in [1.54, 1.807) is 6.92 Å². The zero-order valence-corrected chi connectivity index (χ0v) is 14.9. The Hall–Kier alpha value is -2.16. The van der Waals surface area contributed by atoms with Crippen LogP contribution in [0.1, 0.15) is 12.5 Å². The summed E-state index contributed by atoms with van der Waals surface area (Å²) in [6.07, 6.45) is 2.10. The third kappa shape index (κ3) is 4.28. The lowest BCUT2D eigenvalue weighted by Crippen LogP contribution is -2.22. The van der Waals surface area contributed by atoms with E-state index in [1.807, 2.05) is 24.3 Å². The third-order valence-corrected chi connectivity index (χ3v) is 4.76. The Kier molecular flexibility index (Phi) is 5.52. The van der Waals surface area contributed by atoms with Gasteiger partial charge in [0.05, 0.1) is 11.6 Å². The standard InChI is InChI=1S/C16H16ClN5O2S/c1-9(14(24)20-11-4-2-10(3-5-11)6-7-23)25-15-12-13(19-8-18-12)21-16(17)22-15/h2-5,8-9,23H,6-7H2,1H3,(H,20,24)(H,18,19,21,22)/t9-/m0/s1. The van der Waals surface area contributed by atoms with E-state index < -0.39 is 5.25 Å². The smallest absolute Gasteiger partial charge is 0.237 e. The number of nitrogens with one attached hydrogen (secondary N) is 2. The van der Waals surface area contributed by atoms with Crippen LogP contribution in [0.4, 0.5) is 5.69 Å². The maximum absolute atomic E-state index is 12.4. The maximum Gasteiger partial charge on any atom is 0.237 e. The van der Waals surface area contributed by atoms with Gasteiger partial charge in [0.25, 0.3) is 0 Å². The Morgan fingerprint density at radius 2 is 2.12 bits per heavy atom. The number of nitrogens with zero attached hydrogens (tertiary/aromatic N) is 3. The highest BCUT2D eigenvalue weighted by molar-refractivity contribution is 8.00. The summed E-state index contributed by atoms with van der Waals surface area (Å²) in [7, 11) is 0. The molecular formula is C16H16ClN5O2S. The summed E-state index contributed by atoms with van der Waals surface area (Å²) in [4.78, 5) is 27.6. The van der Waals surface area contributed by atoms with E-state index >= 15 is 0 Å². The fourth-order valence-electron chi connectivity index (χ4n) is 2.22. The van der Waals surface area contributed by atoms with Gasteiger partial charge in [0.1, 0.15) is 10.5 Å². The Morgan fingerprint density at radius 3 is 2.84 bits per heavy atom. The van der Waals surface area contributed by atoms with Crippen LogP contribution in [0.15, 0.2) is 35.6 Å². The molecule has 2 aromatic heterocycles. The van der Waals surface area contributed by atoms with Gasteiger partial charge in [-0.15, -0.1) is 0 Å². The van der Waals surface area contributed by atoms with Crippen LogP contribution in [0.2, 0.25) is 5.28 Å². The SMILES string of the molecule is C[C@H](Sc1nc(Cl)nc2nc[nH]c12)C(=O)Nc1ccc(CCO)cc1. The summed E-state index contributed by atoms with van der Waals surface area (Å²) in [6, 6.07) is 7.38. The molecule has 2 heterocycles. The fourth-order valence-corrected chi connectivity index (χ4v) is 3.34. The van der Waals surface area contributed by atoms with E-state index in [0.29, 0.717) is 28.3 Å². The number of rotatable bonds is 6. The second-order valence-electron chi connectivity index (χ2n) is 5.32. The molecule has 1 aromatic carbocycles. The summed E-state index contributed by atoms with van der Waals surface area (Å²) in [5.74, 6) is -0.151. The Balaban J connectivity index is 1.68. The number of aromatic amines is 1. The van der Waals surface area contributed by atoms with Crippen molar-refractivity contribution in [2.75, 3.05) is 11.9 Å². The number of aliphatic hydroxyl groups is 1. The molecule has 3 aromatic rings.